The Bertz CT molecular complexity index is 755. The van der Waals surface area contributed by atoms with Gasteiger partial charge in [-0.1, -0.05) is 6.92 Å². The molecule has 9 heteroatoms. The van der Waals surface area contributed by atoms with Crippen LogP contribution in [0.15, 0.2) is 6.07 Å². The van der Waals surface area contributed by atoms with Gasteiger partial charge in [0.1, 0.15) is 0 Å². The Balaban J connectivity index is 1.51. The van der Waals surface area contributed by atoms with Gasteiger partial charge in [0, 0.05) is 38.2 Å². The van der Waals surface area contributed by atoms with E-state index in [1.54, 1.807) is 0 Å². The third-order valence-corrected chi connectivity index (χ3v) is 5.58. The van der Waals surface area contributed by atoms with Crippen molar-refractivity contribution in [3.8, 4) is 5.75 Å². The number of piperidine rings is 2. The van der Waals surface area contributed by atoms with Gasteiger partial charge in [-0.3, -0.25) is 9.59 Å². The van der Waals surface area contributed by atoms with Gasteiger partial charge >= 0.3 is 0 Å². The van der Waals surface area contributed by atoms with Gasteiger partial charge in [0.2, 0.25) is 17.5 Å². The van der Waals surface area contributed by atoms with E-state index in [4.69, 9.17) is 4.74 Å². The first-order valence-corrected chi connectivity index (χ1v) is 9.80. The number of likely N-dealkylation sites (tertiary alicyclic amines) is 2. The number of hydrogen-bond donors (Lipinski definition) is 0. The molecule has 2 heterocycles. The molecule has 2 aliphatic rings. The smallest absolute Gasteiger partial charge is 0.260 e. The van der Waals surface area contributed by atoms with Gasteiger partial charge in [-0.05, 0) is 31.6 Å². The second-order valence-corrected chi connectivity index (χ2v) is 7.77. The molecule has 0 N–H and O–H groups in total. The molecule has 3 rings (SSSR count). The second-order valence-electron chi connectivity index (χ2n) is 7.77. The fourth-order valence-corrected chi connectivity index (χ4v) is 3.93. The lowest BCUT2D eigenvalue weighted by atomic mass is 9.93. The lowest BCUT2D eigenvalue weighted by molar-refractivity contribution is -0.142. The highest BCUT2D eigenvalue weighted by Crippen LogP contribution is 2.27. The molecule has 2 fully saturated rings. The van der Waals surface area contributed by atoms with Crippen LogP contribution in [0, 0.1) is 35.1 Å². The maximum absolute atomic E-state index is 13.6. The van der Waals surface area contributed by atoms with Gasteiger partial charge in [0.15, 0.2) is 24.0 Å². The first-order chi connectivity index (χ1) is 13.8. The number of hydrogen-bond acceptors (Lipinski definition) is 3. The average molecular weight is 416 g/mol. The van der Waals surface area contributed by atoms with Gasteiger partial charge in [-0.15, -0.1) is 0 Å². The molecule has 0 radical (unpaired) electrons. The predicted octanol–water partition coefficient (Wildman–Crippen LogP) is 3.12. The molecular formula is C20H24F4N2O3. The molecule has 2 saturated heterocycles. The third kappa shape index (κ3) is 4.82. The Hall–Kier alpha value is -2.32. The van der Waals surface area contributed by atoms with Crippen molar-refractivity contribution in [1.29, 1.82) is 0 Å². The first-order valence-electron chi connectivity index (χ1n) is 9.80. The van der Waals surface area contributed by atoms with Crippen molar-refractivity contribution in [3.05, 3.63) is 29.3 Å². The van der Waals surface area contributed by atoms with Gasteiger partial charge in [0.05, 0.1) is 0 Å². The van der Waals surface area contributed by atoms with Crippen LogP contribution in [-0.2, 0) is 9.59 Å². The zero-order valence-electron chi connectivity index (χ0n) is 16.2. The van der Waals surface area contributed by atoms with Crippen LogP contribution in [0.25, 0.3) is 0 Å². The Morgan fingerprint density at radius 1 is 1.00 bits per heavy atom. The molecule has 0 spiro atoms. The van der Waals surface area contributed by atoms with E-state index in [1.807, 2.05) is 4.90 Å². The summed E-state index contributed by atoms with van der Waals surface area (Å²) in [5, 5.41) is 0. The van der Waals surface area contributed by atoms with Crippen molar-refractivity contribution in [3.63, 3.8) is 0 Å². The Morgan fingerprint density at radius 3 is 2.21 bits per heavy atom. The normalized spacial score (nSPS) is 20.7. The molecule has 1 aromatic rings. The third-order valence-electron chi connectivity index (χ3n) is 5.58. The molecule has 0 bridgehead atoms. The molecule has 0 aliphatic carbocycles. The fraction of sp³-hybridized carbons (Fsp3) is 0.600. The van der Waals surface area contributed by atoms with Crippen LogP contribution < -0.4 is 4.74 Å². The molecule has 1 unspecified atom stereocenters. The minimum absolute atomic E-state index is 0.0736. The van der Waals surface area contributed by atoms with Crippen LogP contribution >= 0.6 is 0 Å². The maximum Gasteiger partial charge on any atom is 0.260 e. The van der Waals surface area contributed by atoms with Gasteiger partial charge in [-0.2, -0.15) is 8.78 Å². The number of amides is 2. The number of benzene rings is 1. The van der Waals surface area contributed by atoms with Crippen molar-refractivity contribution in [2.75, 3.05) is 32.8 Å². The molecule has 5 nitrogen and oxygen atoms in total. The van der Waals surface area contributed by atoms with Crippen LogP contribution in [0.5, 0.6) is 5.75 Å². The Kier molecular flexibility index (Phi) is 6.64. The van der Waals surface area contributed by atoms with Crippen molar-refractivity contribution < 1.29 is 31.9 Å². The molecule has 2 amide bonds. The average Bonchev–Trinajstić information content (AvgIpc) is 2.71. The summed E-state index contributed by atoms with van der Waals surface area (Å²) in [4.78, 5) is 28.2. The number of rotatable bonds is 4. The van der Waals surface area contributed by atoms with Gasteiger partial charge in [-0.25, -0.2) is 8.78 Å². The van der Waals surface area contributed by atoms with E-state index in [9.17, 15) is 27.2 Å². The quantitative estimate of drug-likeness (QED) is 0.560. The van der Waals surface area contributed by atoms with Crippen LogP contribution in [0.1, 0.15) is 32.6 Å². The molecule has 29 heavy (non-hydrogen) atoms. The van der Waals surface area contributed by atoms with E-state index in [0.717, 1.165) is 25.9 Å². The van der Waals surface area contributed by atoms with Crippen molar-refractivity contribution >= 4 is 11.8 Å². The fourth-order valence-electron chi connectivity index (χ4n) is 3.93. The summed E-state index contributed by atoms with van der Waals surface area (Å²) in [5.74, 6) is -7.94. The number of carbonyl (C=O) groups is 2. The van der Waals surface area contributed by atoms with E-state index in [1.165, 1.54) is 4.90 Å². The summed E-state index contributed by atoms with van der Waals surface area (Å²) in [6.07, 6.45) is 3.10. The van der Waals surface area contributed by atoms with Gasteiger partial charge < -0.3 is 14.5 Å². The lowest BCUT2D eigenvalue weighted by Gasteiger charge is -2.37. The molecular weight excluding hydrogens is 392 g/mol. The van der Waals surface area contributed by atoms with Crippen LogP contribution in [0.2, 0.25) is 0 Å². The van der Waals surface area contributed by atoms with Crippen LogP contribution in [-0.4, -0.2) is 54.4 Å². The van der Waals surface area contributed by atoms with Crippen LogP contribution in [0.3, 0.4) is 0 Å². The highest BCUT2D eigenvalue weighted by atomic mass is 19.2. The number of carbonyl (C=O) groups excluding carboxylic acids is 2. The molecule has 1 aromatic carbocycles. The molecule has 0 saturated carbocycles. The SMILES string of the molecule is CC1CCCN(C(=O)C2CCN(C(=O)COc3c(F)c(F)cc(F)c3F)CC2)C1. The Labute approximate surface area is 166 Å². The zero-order valence-corrected chi connectivity index (χ0v) is 16.2. The van der Waals surface area contributed by atoms with E-state index < -0.39 is 41.5 Å². The second kappa shape index (κ2) is 9.00. The highest BCUT2D eigenvalue weighted by molar-refractivity contribution is 5.80. The molecule has 0 aromatic heterocycles. The van der Waals surface area contributed by atoms with Crippen molar-refractivity contribution in [2.45, 2.75) is 32.6 Å². The monoisotopic (exact) mass is 416 g/mol. The standard InChI is InChI=1S/C20H24F4N2O3/c1-12-3-2-6-26(10-12)20(28)13-4-7-25(8-5-13)16(27)11-29-19-17(23)14(21)9-15(22)18(19)24/h9,12-13H,2-8,10-11H2,1H3. The van der Waals surface area contributed by atoms with Crippen LogP contribution in [0.4, 0.5) is 17.6 Å². The highest BCUT2D eigenvalue weighted by Gasteiger charge is 2.32. The Morgan fingerprint density at radius 2 is 1.62 bits per heavy atom. The summed E-state index contributed by atoms with van der Waals surface area (Å²) in [6.45, 7) is 3.51. The van der Waals surface area contributed by atoms with E-state index in [2.05, 4.69) is 6.92 Å². The topological polar surface area (TPSA) is 49.9 Å². The summed E-state index contributed by atoms with van der Waals surface area (Å²) < 4.78 is 58.3. The minimum atomic E-state index is -1.68. The lowest BCUT2D eigenvalue weighted by Crippen LogP contribution is -2.47. The van der Waals surface area contributed by atoms with Gasteiger partial charge in [0.25, 0.3) is 5.91 Å². The molecule has 1 atom stereocenters. The summed E-state index contributed by atoms with van der Waals surface area (Å²) in [7, 11) is 0. The van der Waals surface area contributed by atoms with E-state index >= 15 is 0 Å². The van der Waals surface area contributed by atoms with E-state index in [-0.39, 0.29) is 17.9 Å². The number of nitrogens with zero attached hydrogens (tertiary/aromatic N) is 2. The molecule has 160 valence electrons. The maximum atomic E-state index is 13.6. The zero-order chi connectivity index (χ0) is 21.1. The summed E-state index contributed by atoms with van der Waals surface area (Å²) in [6, 6.07) is 0.0736. The van der Waals surface area contributed by atoms with E-state index in [0.29, 0.717) is 31.8 Å². The largest absolute Gasteiger partial charge is 0.477 e. The number of halogens is 4. The minimum Gasteiger partial charge on any atom is -0.477 e. The summed E-state index contributed by atoms with van der Waals surface area (Å²) >= 11 is 0. The summed E-state index contributed by atoms with van der Waals surface area (Å²) in [5.41, 5.74) is 0. The predicted molar refractivity (Wildman–Crippen MR) is 96.1 cm³/mol. The van der Waals surface area contributed by atoms with Crippen molar-refractivity contribution in [1.82, 2.24) is 9.80 Å². The van der Waals surface area contributed by atoms with Crippen molar-refractivity contribution in [2.24, 2.45) is 11.8 Å². The number of ether oxygens (including phenoxy) is 1. The molecule has 2 aliphatic heterocycles. The first kappa shape index (κ1) is 21.4.